The summed E-state index contributed by atoms with van der Waals surface area (Å²) in [5.74, 6) is 0.561. The molecule has 1 fully saturated rings. The molecule has 1 N–H and O–H groups in total. The Morgan fingerprint density at radius 3 is 2.56 bits per heavy atom. The number of halogens is 1. The number of hydrogen-bond donors (Lipinski definition) is 1. The van der Waals surface area contributed by atoms with Gasteiger partial charge in [0.1, 0.15) is 23.9 Å². The number of rotatable bonds is 4. The third-order valence-corrected chi connectivity index (χ3v) is 5.74. The van der Waals surface area contributed by atoms with E-state index < -0.39 is 0 Å². The normalized spacial score (nSPS) is 20.8. The molecule has 1 saturated heterocycles. The van der Waals surface area contributed by atoms with E-state index in [-0.39, 0.29) is 11.6 Å². The second kappa shape index (κ2) is 10.5. The molecular weight excluding hydrogens is 407 g/mol. The van der Waals surface area contributed by atoms with Crippen LogP contribution in [0.5, 0.6) is 5.75 Å². The van der Waals surface area contributed by atoms with E-state index in [1.54, 1.807) is 18.2 Å². The number of piperazine rings is 1. The molecule has 0 spiro atoms. The Kier molecular flexibility index (Phi) is 7.24. The number of benzene rings is 2. The second-order valence-electron chi connectivity index (χ2n) is 8.01. The number of phenolic OH excluding ortho intramolecular Hbond substituents is 1. The zero-order valence-corrected chi connectivity index (χ0v) is 18.2. The first-order valence-electron chi connectivity index (χ1n) is 10.9. The Hall–Kier alpha value is -3.09. The number of nitrogens with zero attached hydrogens (tertiary/aromatic N) is 2. The van der Waals surface area contributed by atoms with Crippen molar-refractivity contribution in [2.45, 2.75) is 6.54 Å². The summed E-state index contributed by atoms with van der Waals surface area (Å²) in [6.07, 6.45) is 5.92. The van der Waals surface area contributed by atoms with Gasteiger partial charge < -0.3 is 19.5 Å². The van der Waals surface area contributed by atoms with E-state index in [1.807, 2.05) is 24.3 Å². The first-order chi connectivity index (χ1) is 15.6. The maximum Gasteiger partial charge on any atom is 0.123 e. The molecule has 32 heavy (non-hydrogen) atoms. The summed E-state index contributed by atoms with van der Waals surface area (Å²) in [5, 5.41) is 10.3. The SMILES string of the molecule is C=C1/C=C\C=C(\N2CCN(Cc3ccc(O)c(-c4ccc(F)cc4)c3)CC2)COCCO1. The van der Waals surface area contributed by atoms with E-state index in [1.165, 1.54) is 17.8 Å². The van der Waals surface area contributed by atoms with Gasteiger partial charge >= 0.3 is 0 Å². The molecule has 0 amide bonds. The molecule has 0 atom stereocenters. The molecule has 5 nitrogen and oxygen atoms in total. The Balaban J connectivity index is 1.38. The van der Waals surface area contributed by atoms with Gasteiger partial charge in [0.25, 0.3) is 0 Å². The molecule has 2 aliphatic heterocycles. The van der Waals surface area contributed by atoms with Gasteiger partial charge in [-0.2, -0.15) is 0 Å². The predicted molar refractivity (Wildman–Crippen MR) is 123 cm³/mol. The fraction of sp³-hybridized carbons (Fsp3) is 0.308. The van der Waals surface area contributed by atoms with Gasteiger partial charge in [-0.15, -0.1) is 0 Å². The van der Waals surface area contributed by atoms with Crippen LogP contribution in [0.4, 0.5) is 4.39 Å². The van der Waals surface area contributed by atoms with E-state index in [0.29, 0.717) is 25.6 Å². The number of phenols is 1. The molecule has 2 aliphatic rings. The highest BCUT2D eigenvalue weighted by atomic mass is 19.1. The van der Waals surface area contributed by atoms with Crippen LogP contribution >= 0.6 is 0 Å². The predicted octanol–water partition coefficient (Wildman–Crippen LogP) is 4.32. The van der Waals surface area contributed by atoms with Gasteiger partial charge in [0.2, 0.25) is 0 Å². The Labute approximate surface area is 188 Å². The minimum Gasteiger partial charge on any atom is -0.507 e. The second-order valence-corrected chi connectivity index (χ2v) is 8.01. The summed E-state index contributed by atoms with van der Waals surface area (Å²) in [7, 11) is 0. The number of aromatic hydroxyl groups is 1. The molecule has 168 valence electrons. The van der Waals surface area contributed by atoms with Crippen molar-refractivity contribution in [1.29, 1.82) is 0 Å². The van der Waals surface area contributed by atoms with Crippen LogP contribution in [0.3, 0.4) is 0 Å². The van der Waals surface area contributed by atoms with Gasteiger partial charge in [0.05, 0.1) is 13.2 Å². The summed E-state index contributed by atoms with van der Waals surface area (Å²) in [6, 6.07) is 11.9. The number of hydrogen-bond acceptors (Lipinski definition) is 5. The number of ether oxygens (including phenoxy) is 2. The van der Waals surface area contributed by atoms with Crippen LogP contribution in [0.15, 0.2) is 78.7 Å². The molecule has 0 radical (unpaired) electrons. The van der Waals surface area contributed by atoms with Crippen molar-refractivity contribution in [3.05, 3.63) is 90.1 Å². The van der Waals surface area contributed by atoms with Gasteiger partial charge in [-0.05, 0) is 47.5 Å². The molecule has 2 heterocycles. The Morgan fingerprint density at radius 2 is 1.78 bits per heavy atom. The molecular formula is C26H29FN2O3. The van der Waals surface area contributed by atoms with Crippen molar-refractivity contribution in [2.24, 2.45) is 0 Å². The summed E-state index contributed by atoms with van der Waals surface area (Å²) in [6.45, 7) is 9.99. The van der Waals surface area contributed by atoms with Crippen LogP contribution in [0.25, 0.3) is 11.1 Å². The van der Waals surface area contributed by atoms with Crippen LogP contribution in [-0.4, -0.2) is 60.9 Å². The van der Waals surface area contributed by atoms with Crippen LogP contribution < -0.4 is 0 Å². The van der Waals surface area contributed by atoms with Crippen molar-refractivity contribution >= 4 is 0 Å². The lowest BCUT2D eigenvalue weighted by molar-refractivity contribution is 0.0718. The third kappa shape index (κ3) is 5.78. The molecule has 0 unspecified atom stereocenters. The highest BCUT2D eigenvalue weighted by Gasteiger charge is 2.19. The highest BCUT2D eigenvalue weighted by Crippen LogP contribution is 2.30. The molecule has 0 bridgehead atoms. The molecule has 6 heteroatoms. The summed E-state index contributed by atoms with van der Waals surface area (Å²) < 4.78 is 24.4. The average Bonchev–Trinajstić information content (AvgIpc) is 2.80. The average molecular weight is 437 g/mol. The van der Waals surface area contributed by atoms with Gasteiger partial charge in [-0.3, -0.25) is 4.90 Å². The van der Waals surface area contributed by atoms with Crippen molar-refractivity contribution in [2.75, 3.05) is 46.0 Å². The largest absolute Gasteiger partial charge is 0.507 e. The van der Waals surface area contributed by atoms with Gasteiger partial charge in [0, 0.05) is 44.0 Å². The molecule has 0 aliphatic carbocycles. The lowest BCUT2D eigenvalue weighted by Gasteiger charge is -2.37. The summed E-state index contributed by atoms with van der Waals surface area (Å²) in [5.41, 5.74) is 3.82. The van der Waals surface area contributed by atoms with Crippen LogP contribution in [0.1, 0.15) is 5.56 Å². The van der Waals surface area contributed by atoms with Crippen LogP contribution in [0.2, 0.25) is 0 Å². The van der Waals surface area contributed by atoms with Crippen LogP contribution in [-0.2, 0) is 16.0 Å². The third-order valence-electron chi connectivity index (χ3n) is 5.74. The molecule has 2 aromatic carbocycles. The smallest absolute Gasteiger partial charge is 0.123 e. The molecule has 0 saturated carbocycles. The quantitative estimate of drug-likeness (QED) is 0.774. The minimum absolute atomic E-state index is 0.203. The Morgan fingerprint density at radius 1 is 1.00 bits per heavy atom. The van der Waals surface area contributed by atoms with E-state index in [2.05, 4.69) is 22.5 Å². The lowest BCUT2D eigenvalue weighted by atomic mass is 10.0. The topological polar surface area (TPSA) is 45.2 Å². The van der Waals surface area contributed by atoms with Gasteiger partial charge in [0.15, 0.2) is 0 Å². The van der Waals surface area contributed by atoms with Gasteiger partial charge in [-0.1, -0.05) is 30.9 Å². The first-order valence-corrected chi connectivity index (χ1v) is 10.9. The van der Waals surface area contributed by atoms with Crippen molar-refractivity contribution < 1.29 is 19.0 Å². The Bertz CT molecular complexity index is 993. The maximum atomic E-state index is 13.3. The van der Waals surface area contributed by atoms with Crippen LogP contribution in [0, 0.1) is 5.82 Å². The first kappa shape index (κ1) is 22.1. The lowest BCUT2D eigenvalue weighted by Crippen LogP contribution is -2.46. The van der Waals surface area contributed by atoms with E-state index >= 15 is 0 Å². The summed E-state index contributed by atoms with van der Waals surface area (Å²) >= 11 is 0. The number of allylic oxidation sites excluding steroid dienone is 3. The van der Waals surface area contributed by atoms with Crippen molar-refractivity contribution in [1.82, 2.24) is 9.80 Å². The zero-order chi connectivity index (χ0) is 22.3. The minimum atomic E-state index is -0.285. The fourth-order valence-corrected chi connectivity index (χ4v) is 3.96. The molecule has 0 aromatic heterocycles. The van der Waals surface area contributed by atoms with E-state index in [4.69, 9.17) is 9.47 Å². The van der Waals surface area contributed by atoms with Gasteiger partial charge in [-0.25, -0.2) is 4.39 Å². The molecule has 2 aromatic rings. The highest BCUT2D eigenvalue weighted by molar-refractivity contribution is 5.70. The monoisotopic (exact) mass is 436 g/mol. The van der Waals surface area contributed by atoms with E-state index in [9.17, 15) is 9.50 Å². The maximum absolute atomic E-state index is 13.3. The van der Waals surface area contributed by atoms with E-state index in [0.717, 1.165) is 49.4 Å². The fourth-order valence-electron chi connectivity index (χ4n) is 3.96. The summed E-state index contributed by atoms with van der Waals surface area (Å²) in [4.78, 5) is 4.78. The molecule has 4 rings (SSSR count). The van der Waals surface area contributed by atoms with Crippen molar-refractivity contribution in [3.8, 4) is 16.9 Å². The zero-order valence-electron chi connectivity index (χ0n) is 18.2. The standard InChI is InChI=1S/C26H29FN2O3/c1-20-3-2-4-24(19-31-15-16-32-20)29-13-11-28(12-14-29)18-21-5-10-26(30)25(17-21)22-6-8-23(27)9-7-22/h2-10,17,30H,1,11-16,18-19H2/b3-2-,24-4+. The van der Waals surface area contributed by atoms with Crippen molar-refractivity contribution in [3.63, 3.8) is 0 Å².